The highest BCUT2D eigenvalue weighted by Gasteiger charge is 2.24. The molecule has 1 aliphatic rings. The van der Waals surface area contributed by atoms with Gasteiger partial charge in [-0.05, 0) is 26.3 Å². The molecule has 0 aromatic heterocycles. The van der Waals surface area contributed by atoms with Crippen LogP contribution in [0.1, 0.15) is 23.6 Å². The number of thioether (sulfide) groups is 1. The van der Waals surface area contributed by atoms with Gasteiger partial charge in [0.1, 0.15) is 5.75 Å². The van der Waals surface area contributed by atoms with Crippen molar-refractivity contribution in [3.8, 4) is 5.75 Å². The maximum atomic E-state index is 11.2. The van der Waals surface area contributed by atoms with Gasteiger partial charge in [-0.15, -0.1) is 11.8 Å². The van der Waals surface area contributed by atoms with E-state index < -0.39 is 0 Å². The Hall–Kier alpha value is -0.960. The number of rotatable bonds is 1. The van der Waals surface area contributed by atoms with Crippen LogP contribution in [0.5, 0.6) is 5.75 Å². The van der Waals surface area contributed by atoms with Gasteiger partial charge in [-0.3, -0.25) is 4.79 Å². The summed E-state index contributed by atoms with van der Waals surface area (Å²) >= 11 is 1.56. The number of fused-ring (bicyclic) bond motifs is 1. The van der Waals surface area contributed by atoms with E-state index in [2.05, 4.69) is 19.1 Å². The van der Waals surface area contributed by atoms with E-state index in [1.54, 1.807) is 18.7 Å². The summed E-state index contributed by atoms with van der Waals surface area (Å²) < 4.78 is 5.69. The Morgan fingerprint density at radius 3 is 2.87 bits per heavy atom. The molecule has 3 heteroatoms. The summed E-state index contributed by atoms with van der Waals surface area (Å²) in [5, 5.41) is 0. The zero-order chi connectivity index (χ0) is 11.0. The lowest BCUT2D eigenvalue weighted by molar-refractivity contribution is -0.120. The molecule has 0 radical (unpaired) electrons. The SMILES string of the molecule is CC(=O)C1Oc2c(C)cc(C)cc2CS1. The fraction of sp³-hybridized carbons (Fsp3) is 0.417. The molecule has 0 saturated heterocycles. The van der Waals surface area contributed by atoms with Crippen LogP contribution in [0.4, 0.5) is 0 Å². The van der Waals surface area contributed by atoms with E-state index in [0.717, 1.165) is 17.1 Å². The molecule has 1 aliphatic heterocycles. The third-order valence-corrected chi connectivity index (χ3v) is 3.65. The molecule has 0 bridgehead atoms. The minimum absolute atomic E-state index is 0.0885. The summed E-state index contributed by atoms with van der Waals surface area (Å²) in [4.78, 5) is 11.2. The van der Waals surface area contributed by atoms with Crippen LogP contribution in [0.3, 0.4) is 0 Å². The van der Waals surface area contributed by atoms with Crippen molar-refractivity contribution in [2.75, 3.05) is 0 Å². The van der Waals surface area contributed by atoms with Gasteiger partial charge in [-0.1, -0.05) is 17.7 Å². The number of benzene rings is 1. The molecule has 80 valence electrons. The molecule has 1 aromatic rings. The minimum atomic E-state index is -0.320. The normalized spacial score (nSPS) is 19.3. The predicted octanol–water partition coefficient (Wildman–Crippen LogP) is 2.84. The van der Waals surface area contributed by atoms with Crippen LogP contribution in [0.25, 0.3) is 0 Å². The number of ether oxygens (including phenoxy) is 1. The van der Waals surface area contributed by atoms with E-state index >= 15 is 0 Å². The molecule has 1 atom stereocenters. The van der Waals surface area contributed by atoms with Crippen molar-refractivity contribution >= 4 is 17.5 Å². The van der Waals surface area contributed by atoms with E-state index in [4.69, 9.17) is 4.74 Å². The van der Waals surface area contributed by atoms with Crippen LogP contribution in [-0.4, -0.2) is 11.2 Å². The lowest BCUT2D eigenvalue weighted by Gasteiger charge is -2.25. The van der Waals surface area contributed by atoms with Gasteiger partial charge < -0.3 is 4.74 Å². The van der Waals surface area contributed by atoms with Gasteiger partial charge in [0.15, 0.2) is 5.78 Å². The van der Waals surface area contributed by atoms with Gasteiger partial charge in [0.05, 0.1) is 0 Å². The number of hydrogen-bond acceptors (Lipinski definition) is 3. The largest absolute Gasteiger partial charge is 0.471 e. The molecule has 0 amide bonds. The molecule has 2 nitrogen and oxygen atoms in total. The van der Waals surface area contributed by atoms with E-state index in [1.165, 1.54) is 11.1 Å². The lowest BCUT2D eigenvalue weighted by Crippen LogP contribution is -2.25. The van der Waals surface area contributed by atoms with Crippen molar-refractivity contribution in [3.05, 3.63) is 28.8 Å². The van der Waals surface area contributed by atoms with Gasteiger partial charge >= 0.3 is 0 Å². The number of carbonyl (C=O) groups excluding carboxylic acids is 1. The zero-order valence-corrected chi connectivity index (χ0v) is 9.98. The van der Waals surface area contributed by atoms with Crippen LogP contribution in [-0.2, 0) is 10.5 Å². The van der Waals surface area contributed by atoms with Gasteiger partial charge in [-0.2, -0.15) is 0 Å². The second-order valence-electron chi connectivity index (χ2n) is 3.94. The number of ketones is 1. The Balaban J connectivity index is 2.37. The first-order valence-electron chi connectivity index (χ1n) is 4.97. The smallest absolute Gasteiger partial charge is 0.202 e. The molecule has 1 heterocycles. The number of Topliss-reactive ketones (excluding diaryl/α,β-unsaturated/α-hetero) is 1. The van der Waals surface area contributed by atoms with Gasteiger partial charge in [0, 0.05) is 11.3 Å². The Labute approximate surface area is 94.0 Å². The highest BCUT2D eigenvalue weighted by Crippen LogP contribution is 2.36. The molecule has 1 aromatic carbocycles. The summed E-state index contributed by atoms with van der Waals surface area (Å²) in [7, 11) is 0. The van der Waals surface area contributed by atoms with Crippen LogP contribution >= 0.6 is 11.8 Å². The molecule has 15 heavy (non-hydrogen) atoms. The average Bonchev–Trinajstić information content (AvgIpc) is 2.16. The van der Waals surface area contributed by atoms with E-state index in [9.17, 15) is 4.79 Å². The van der Waals surface area contributed by atoms with Crippen molar-refractivity contribution in [1.82, 2.24) is 0 Å². The zero-order valence-electron chi connectivity index (χ0n) is 9.16. The molecule has 0 N–H and O–H groups in total. The van der Waals surface area contributed by atoms with Crippen molar-refractivity contribution in [2.24, 2.45) is 0 Å². The first-order valence-corrected chi connectivity index (χ1v) is 6.01. The van der Waals surface area contributed by atoms with Crippen LogP contribution < -0.4 is 4.74 Å². The van der Waals surface area contributed by atoms with E-state index in [-0.39, 0.29) is 11.2 Å². The fourth-order valence-corrected chi connectivity index (χ4v) is 2.77. The molecule has 2 rings (SSSR count). The molecule has 0 saturated carbocycles. The van der Waals surface area contributed by atoms with Gasteiger partial charge in [0.25, 0.3) is 0 Å². The fourth-order valence-electron chi connectivity index (χ4n) is 1.83. The summed E-state index contributed by atoms with van der Waals surface area (Å²) in [5.41, 5.74) is 3.25. The van der Waals surface area contributed by atoms with Crippen molar-refractivity contribution in [1.29, 1.82) is 0 Å². The third-order valence-electron chi connectivity index (χ3n) is 2.44. The van der Waals surface area contributed by atoms with Gasteiger partial charge in [0.2, 0.25) is 5.44 Å². The highest BCUT2D eigenvalue weighted by atomic mass is 32.2. The van der Waals surface area contributed by atoms with Crippen LogP contribution in [0.15, 0.2) is 12.1 Å². The van der Waals surface area contributed by atoms with E-state index in [1.807, 2.05) is 6.92 Å². The summed E-state index contributed by atoms with van der Waals surface area (Å²) in [6.07, 6.45) is 0. The maximum Gasteiger partial charge on any atom is 0.202 e. The monoisotopic (exact) mass is 222 g/mol. The molecular formula is C12H14O2S. The Kier molecular flexibility index (Phi) is 2.74. The van der Waals surface area contributed by atoms with Crippen molar-refractivity contribution in [2.45, 2.75) is 32.0 Å². The Morgan fingerprint density at radius 1 is 1.47 bits per heavy atom. The number of aryl methyl sites for hydroxylation is 2. The maximum absolute atomic E-state index is 11.2. The summed E-state index contributed by atoms with van der Waals surface area (Å²) in [6.45, 7) is 5.68. The van der Waals surface area contributed by atoms with Crippen molar-refractivity contribution < 1.29 is 9.53 Å². The highest BCUT2D eigenvalue weighted by molar-refractivity contribution is 7.99. The minimum Gasteiger partial charge on any atom is -0.471 e. The topological polar surface area (TPSA) is 26.3 Å². The van der Waals surface area contributed by atoms with E-state index in [0.29, 0.717) is 0 Å². The Bertz CT molecular complexity index is 412. The molecule has 0 spiro atoms. The molecular weight excluding hydrogens is 208 g/mol. The number of hydrogen-bond donors (Lipinski definition) is 0. The first kappa shape index (κ1) is 10.6. The lowest BCUT2D eigenvalue weighted by atomic mass is 10.1. The average molecular weight is 222 g/mol. The van der Waals surface area contributed by atoms with Crippen LogP contribution in [0.2, 0.25) is 0 Å². The van der Waals surface area contributed by atoms with Crippen molar-refractivity contribution in [3.63, 3.8) is 0 Å². The summed E-state index contributed by atoms with van der Waals surface area (Å²) in [5.74, 6) is 1.85. The second-order valence-corrected chi connectivity index (χ2v) is 4.99. The third kappa shape index (κ3) is 2.02. The number of carbonyl (C=O) groups is 1. The molecule has 0 fully saturated rings. The van der Waals surface area contributed by atoms with Gasteiger partial charge in [-0.25, -0.2) is 0 Å². The standard InChI is InChI=1S/C12H14O2S/c1-7-4-8(2)11-10(5-7)6-15-12(14-11)9(3)13/h4-5,12H,6H2,1-3H3. The second kappa shape index (κ2) is 3.89. The molecule has 1 unspecified atom stereocenters. The quantitative estimate of drug-likeness (QED) is 0.731. The Morgan fingerprint density at radius 2 is 2.20 bits per heavy atom. The predicted molar refractivity (Wildman–Crippen MR) is 62.3 cm³/mol. The molecule has 0 aliphatic carbocycles. The summed E-state index contributed by atoms with van der Waals surface area (Å²) in [6, 6.07) is 4.22. The first-order chi connectivity index (χ1) is 7.08. The van der Waals surface area contributed by atoms with Crippen LogP contribution in [0, 0.1) is 13.8 Å².